The summed E-state index contributed by atoms with van der Waals surface area (Å²) in [5, 5.41) is 2.54. The lowest BCUT2D eigenvalue weighted by Crippen LogP contribution is -1.98. The summed E-state index contributed by atoms with van der Waals surface area (Å²) in [6.45, 7) is 2.23. The number of imidazole rings is 1. The number of nitrogens with one attached hydrogen (secondary N) is 1. The molecule has 23 heavy (non-hydrogen) atoms. The smallest absolute Gasteiger partial charge is 0.138 e. The van der Waals surface area contributed by atoms with Crippen LogP contribution in [0.25, 0.3) is 38.5 Å². The molecule has 112 valence electrons. The van der Waals surface area contributed by atoms with Gasteiger partial charge in [0.15, 0.2) is 0 Å². The van der Waals surface area contributed by atoms with E-state index in [1.165, 1.54) is 33.0 Å². The number of rotatable bonds is 2. The van der Waals surface area contributed by atoms with Crippen molar-refractivity contribution in [2.75, 3.05) is 0 Å². The van der Waals surface area contributed by atoms with Crippen molar-refractivity contribution in [3.8, 4) is 0 Å². The number of aryl methyl sites for hydroxylation is 1. The maximum atomic E-state index is 4.84. The lowest BCUT2D eigenvalue weighted by atomic mass is 10.1. The Morgan fingerprint density at radius 2 is 1.83 bits per heavy atom. The maximum Gasteiger partial charge on any atom is 0.138 e. The minimum absolute atomic E-state index is 1.03. The summed E-state index contributed by atoms with van der Waals surface area (Å²) in [4.78, 5) is 8.47. The Morgan fingerprint density at radius 3 is 2.74 bits per heavy atom. The van der Waals surface area contributed by atoms with Gasteiger partial charge in [-0.25, -0.2) is 4.98 Å². The number of hydrogen-bond acceptors (Lipinski definition) is 1. The Hall–Kier alpha value is -2.81. The molecule has 0 fully saturated rings. The van der Waals surface area contributed by atoms with Gasteiger partial charge in [-0.3, -0.25) is 4.40 Å². The number of H-pyrrole nitrogens is 1. The van der Waals surface area contributed by atoms with Crippen LogP contribution in [-0.4, -0.2) is 14.4 Å². The van der Waals surface area contributed by atoms with Gasteiger partial charge >= 0.3 is 0 Å². The Morgan fingerprint density at radius 1 is 1.00 bits per heavy atom. The second kappa shape index (κ2) is 4.59. The van der Waals surface area contributed by atoms with E-state index in [9.17, 15) is 0 Å². The molecule has 0 aliphatic heterocycles. The van der Waals surface area contributed by atoms with Gasteiger partial charge in [0, 0.05) is 22.0 Å². The Bertz CT molecular complexity index is 1170. The fraction of sp³-hybridized carbons (Fsp3) is 0.150. The zero-order chi connectivity index (χ0) is 15.4. The highest BCUT2D eigenvalue weighted by Crippen LogP contribution is 2.31. The van der Waals surface area contributed by atoms with E-state index in [2.05, 4.69) is 70.9 Å². The zero-order valence-corrected chi connectivity index (χ0v) is 13.0. The summed E-state index contributed by atoms with van der Waals surface area (Å²) >= 11 is 0. The van der Waals surface area contributed by atoms with Crippen LogP contribution < -0.4 is 0 Å². The molecule has 0 spiro atoms. The second-order valence-corrected chi connectivity index (χ2v) is 6.09. The van der Waals surface area contributed by atoms with Gasteiger partial charge in [0.1, 0.15) is 5.65 Å². The van der Waals surface area contributed by atoms with Crippen molar-refractivity contribution in [2.24, 2.45) is 0 Å². The van der Waals surface area contributed by atoms with E-state index < -0.39 is 0 Å². The van der Waals surface area contributed by atoms with Gasteiger partial charge in [-0.1, -0.05) is 43.7 Å². The fourth-order valence-corrected chi connectivity index (χ4v) is 3.68. The van der Waals surface area contributed by atoms with Crippen LogP contribution in [0, 0.1) is 0 Å². The molecule has 1 N–H and O–H groups in total. The van der Waals surface area contributed by atoms with E-state index in [1.54, 1.807) is 0 Å². The molecular weight excluding hydrogens is 282 g/mol. The van der Waals surface area contributed by atoms with Gasteiger partial charge in [0.2, 0.25) is 0 Å². The largest absolute Gasteiger partial charge is 0.353 e. The van der Waals surface area contributed by atoms with Crippen molar-refractivity contribution >= 4 is 38.5 Å². The molecule has 0 bridgehead atoms. The van der Waals surface area contributed by atoms with Gasteiger partial charge in [0.25, 0.3) is 0 Å². The molecule has 3 nitrogen and oxygen atoms in total. The Labute approximate surface area is 133 Å². The molecule has 0 saturated heterocycles. The van der Waals surface area contributed by atoms with Crippen LogP contribution in [0.4, 0.5) is 0 Å². The highest BCUT2D eigenvalue weighted by Gasteiger charge is 2.15. The monoisotopic (exact) mass is 299 g/mol. The molecule has 5 aromatic rings. The first kappa shape index (κ1) is 12.7. The average molecular weight is 299 g/mol. The fourth-order valence-electron chi connectivity index (χ4n) is 3.68. The van der Waals surface area contributed by atoms with Gasteiger partial charge in [-0.2, -0.15) is 0 Å². The number of nitrogens with zero attached hydrogens (tertiary/aromatic N) is 2. The third-order valence-corrected chi connectivity index (χ3v) is 4.65. The zero-order valence-electron chi connectivity index (χ0n) is 13.0. The number of fused-ring (bicyclic) bond motifs is 6. The summed E-state index contributed by atoms with van der Waals surface area (Å²) in [7, 11) is 0. The summed E-state index contributed by atoms with van der Waals surface area (Å²) in [5.74, 6) is 0. The van der Waals surface area contributed by atoms with E-state index in [0.717, 1.165) is 24.0 Å². The summed E-state index contributed by atoms with van der Waals surface area (Å²) in [6, 6.07) is 19.1. The van der Waals surface area contributed by atoms with Crippen molar-refractivity contribution in [3.05, 3.63) is 60.3 Å². The third kappa shape index (κ3) is 1.67. The molecule has 3 heterocycles. The highest BCUT2D eigenvalue weighted by atomic mass is 15.0. The minimum atomic E-state index is 1.03. The van der Waals surface area contributed by atoms with Crippen molar-refractivity contribution in [1.82, 2.24) is 14.4 Å². The second-order valence-electron chi connectivity index (χ2n) is 6.09. The Balaban J connectivity index is 2.06. The first-order valence-electron chi connectivity index (χ1n) is 8.16. The summed E-state index contributed by atoms with van der Waals surface area (Å²) in [6.07, 6.45) is 2.14. The molecule has 5 rings (SSSR count). The molecule has 0 radical (unpaired) electrons. The van der Waals surface area contributed by atoms with Crippen molar-refractivity contribution in [1.29, 1.82) is 0 Å². The third-order valence-electron chi connectivity index (χ3n) is 4.65. The molecule has 0 atom stereocenters. The van der Waals surface area contributed by atoms with Gasteiger partial charge in [0.05, 0.1) is 16.6 Å². The predicted octanol–water partition coefficient (Wildman–Crippen LogP) is 5.07. The Kier molecular flexibility index (Phi) is 2.54. The van der Waals surface area contributed by atoms with Crippen LogP contribution >= 0.6 is 0 Å². The van der Waals surface area contributed by atoms with Gasteiger partial charge in [-0.15, -0.1) is 0 Å². The van der Waals surface area contributed by atoms with Crippen molar-refractivity contribution in [3.63, 3.8) is 0 Å². The van der Waals surface area contributed by atoms with Crippen LogP contribution in [0.1, 0.15) is 19.0 Å². The topological polar surface area (TPSA) is 33.1 Å². The molecule has 0 aliphatic rings. The molecule has 2 aromatic carbocycles. The minimum Gasteiger partial charge on any atom is -0.353 e. The standard InChI is InChI=1S/C20H17N3/c1-2-7-18-20-14(13-8-3-4-9-15(13)22-20)12-19-21-16-10-5-6-11-17(16)23(18)19/h3-6,8-12,22H,2,7H2,1H3. The normalized spacial score (nSPS) is 12.0. The van der Waals surface area contributed by atoms with Crippen LogP contribution in [0.5, 0.6) is 0 Å². The van der Waals surface area contributed by atoms with Crippen molar-refractivity contribution < 1.29 is 0 Å². The van der Waals surface area contributed by atoms with Crippen LogP contribution in [0.15, 0.2) is 54.6 Å². The molecule has 0 unspecified atom stereocenters. The number of pyridine rings is 1. The van der Waals surface area contributed by atoms with Crippen LogP contribution in [0.2, 0.25) is 0 Å². The average Bonchev–Trinajstić information content (AvgIpc) is 3.13. The summed E-state index contributed by atoms with van der Waals surface area (Å²) < 4.78 is 2.32. The number of aromatic amines is 1. The highest BCUT2D eigenvalue weighted by molar-refractivity contribution is 6.09. The number of para-hydroxylation sites is 3. The first-order chi connectivity index (χ1) is 11.4. The molecule has 0 amide bonds. The van der Waals surface area contributed by atoms with E-state index in [1.807, 2.05) is 0 Å². The number of aromatic nitrogens is 3. The quantitative estimate of drug-likeness (QED) is 0.485. The summed E-state index contributed by atoms with van der Waals surface area (Å²) in [5.41, 5.74) is 7.03. The lowest BCUT2D eigenvalue weighted by molar-refractivity contribution is 0.877. The van der Waals surface area contributed by atoms with E-state index in [-0.39, 0.29) is 0 Å². The maximum absolute atomic E-state index is 4.84. The number of hydrogen-bond donors (Lipinski definition) is 1. The van der Waals surface area contributed by atoms with Gasteiger partial charge in [-0.05, 0) is 30.7 Å². The van der Waals surface area contributed by atoms with Crippen LogP contribution in [-0.2, 0) is 6.42 Å². The molecule has 0 saturated carbocycles. The molecule has 0 aliphatic carbocycles. The number of benzene rings is 2. The van der Waals surface area contributed by atoms with Crippen LogP contribution in [0.3, 0.4) is 0 Å². The molecule has 3 heteroatoms. The van der Waals surface area contributed by atoms with E-state index >= 15 is 0 Å². The van der Waals surface area contributed by atoms with E-state index in [4.69, 9.17) is 4.98 Å². The van der Waals surface area contributed by atoms with Gasteiger partial charge < -0.3 is 4.98 Å². The molecular formula is C20H17N3. The first-order valence-corrected chi connectivity index (χ1v) is 8.16. The predicted molar refractivity (Wildman–Crippen MR) is 96.1 cm³/mol. The molecule has 3 aromatic heterocycles. The SMILES string of the molecule is CCCc1c2[nH]c3ccccc3c2cc2nc3ccccc3n12. The lowest BCUT2D eigenvalue weighted by Gasteiger charge is -2.07. The van der Waals surface area contributed by atoms with E-state index in [0.29, 0.717) is 0 Å². The van der Waals surface area contributed by atoms with Crippen molar-refractivity contribution in [2.45, 2.75) is 19.8 Å².